The Morgan fingerprint density at radius 2 is 2.05 bits per heavy atom. The number of rotatable bonds is 3. The van der Waals surface area contributed by atoms with E-state index in [4.69, 9.17) is 4.74 Å². The first-order valence-corrected chi connectivity index (χ1v) is 6.67. The first kappa shape index (κ1) is 14.0. The number of nitrogens with one attached hydrogen (secondary N) is 1. The second-order valence-electron chi connectivity index (χ2n) is 4.68. The molecule has 5 heteroatoms. The van der Waals surface area contributed by atoms with Crippen LogP contribution in [0.15, 0.2) is 54.7 Å². The van der Waals surface area contributed by atoms with Gasteiger partial charge in [0, 0.05) is 17.1 Å². The molecule has 2 aromatic carbocycles. The number of carbonyl (C=O) groups excluding carboxylic acids is 1. The van der Waals surface area contributed by atoms with E-state index in [0.717, 1.165) is 17.0 Å². The van der Waals surface area contributed by atoms with Gasteiger partial charge in [0.25, 0.3) is 5.91 Å². The molecule has 0 atom stereocenters. The van der Waals surface area contributed by atoms with Crippen LogP contribution < -0.4 is 10.1 Å². The van der Waals surface area contributed by atoms with Crippen LogP contribution in [0.1, 0.15) is 10.4 Å². The summed E-state index contributed by atoms with van der Waals surface area (Å²) in [5, 5.41) is 3.61. The Morgan fingerprint density at radius 1 is 1.18 bits per heavy atom. The van der Waals surface area contributed by atoms with Crippen molar-refractivity contribution in [2.45, 2.75) is 0 Å². The summed E-state index contributed by atoms with van der Waals surface area (Å²) in [4.78, 5) is 16.5. The molecule has 1 aromatic heterocycles. The molecule has 1 heterocycles. The maximum absolute atomic E-state index is 13.7. The smallest absolute Gasteiger partial charge is 0.255 e. The number of ether oxygens (including phenoxy) is 1. The lowest BCUT2D eigenvalue weighted by Gasteiger charge is -2.09. The number of carbonyl (C=O) groups is 1. The number of aromatic nitrogens is 1. The average Bonchev–Trinajstić information content (AvgIpc) is 2.55. The molecule has 3 aromatic rings. The first-order chi connectivity index (χ1) is 10.7. The number of nitrogens with zero attached hydrogens (tertiary/aromatic N) is 1. The SMILES string of the molecule is COc1ccc(C(=O)Nc2cccc3ncccc23)cc1F. The molecule has 22 heavy (non-hydrogen) atoms. The van der Waals surface area contributed by atoms with E-state index in [1.165, 1.54) is 19.2 Å². The molecule has 110 valence electrons. The maximum atomic E-state index is 13.7. The molecule has 0 fully saturated rings. The minimum Gasteiger partial charge on any atom is -0.494 e. The number of amides is 1. The predicted molar refractivity (Wildman–Crippen MR) is 82.6 cm³/mol. The minimum absolute atomic E-state index is 0.103. The Bertz CT molecular complexity index is 844. The summed E-state index contributed by atoms with van der Waals surface area (Å²) in [6.07, 6.45) is 1.69. The van der Waals surface area contributed by atoms with Gasteiger partial charge < -0.3 is 10.1 Å². The largest absolute Gasteiger partial charge is 0.494 e. The van der Waals surface area contributed by atoms with E-state index in [-0.39, 0.29) is 11.3 Å². The zero-order chi connectivity index (χ0) is 15.5. The molecule has 0 aliphatic heterocycles. The zero-order valence-electron chi connectivity index (χ0n) is 11.8. The number of halogens is 1. The molecule has 1 N–H and O–H groups in total. The second-order valence-corrected chi connectivity index (χ2v) is 4.68. The molecule has 4 nitrogen and oxygen atoms in total. The van der Waals surface area contributed by atoms with Crippen molar-refractivity contribution < 1.29 is 13.9 Å². The van der Waals surface area contributed by atoms with E-state index in [1.807, 2.05) is 12.1 Å². The van der Waals surface area contributed by atoms with Crippen molar-refractivity contribution in [2.24, 2.45) is 0 Å². The third kappa shape index (κ3) is 2.61. The van der Waals surface area contributed by atoms with Crippen molar-refractivity contribution in [3.63, 3.8) is 0 Å². The number of pyridine rings is 1. The first-order valence-electron chi connectivity index (χ1n) is 6.67. The number of methoxy groups -OCH3 is 1. The fraction of sp³-hybridized carbons (Fsp3) is 0.0588. The molecule has 0 saturated heterocycles. The number of anilines is 1. The minimum atomic E-state index is -0.574. The quantitative estimate of drug-likeness (QED) is 0.803. The fourth-order valence-corrected chi connectivity index (χ4v) is 2.21. The number of benzene rings is 2. The molecular formula is C17H13FN2O2. The van der Waals surface area contributed by atoms with Crippen LogP contribution in [0.5, 0.6) is 5.75 Å². The topological polar surface area (TPSA) is 51.2 Å². The monoisotopic (exact) mass is 296 g/mol. The maximum Gasteiger partial charge on any atom is 0.255 e. The standard InChI is InChI=1S/C17H13FN2O2/c1-22-16-8-7-11(10-13(16)18)17(21)20-15-6-2-5-14-12(15)4-3-9-19-14/h2-10H,1H3,(H,20,21). The van der Waals surface area contributed by atoms with Gasteiger partial charge in [0.05, 0.1) is 18.3 Å². The highest BCUT2D eigenvalue weighted by Crippen LogP contribution is 2.23. The normalized spacial score (nSPS) is 10.5. The highest BCUT2D eigenvalue weighted by Gasteiger charge is 2.11. The van der Waals surface area contributed by atoms with Crippen molar-refractivity contribution in [3.05, 3.63) is 66.1 Å². The fourth-order valence-electron chi connectivity index (χ4n) is 2.21. The van der Waals surface area contributed by atoms with Crippen molar-refractivity contribution in [1.82, 2.24) is 4.98 Å². The Labute approximate surface area is 126 Å². The summed E-state index contributed by atoms with van der Waals surface area (Å²) in [6.45, 7) is 0. The van der Waals surface area contributed by atoms with Crippen molar-refractivity contribution in [1.29, 1.82) is 0 Å². The summed E-state index contributed by atoms with van der Waals surface area (Å²) < 4.78 is 18.5. The van der Waals surface area contributed by atoms with Crippen LogP contribution in [0.2, 0.25) is 0 Å². The van der Waals surface area contributed by atoms with Gasteiger partial charge in [-0.25, -0.2) is 4.39 Å². The van der Waals surface area contributed by atoms with Gasteiger partial charge in [-0.1, -0.05) is 6.07 Å². The van der Waals surface area contributed by atoms with Crippen LogP contribution in [0.25, 0.3) is 10.9 Å². The summed E-state index contributed by atoms with van der Waals surface area (Å²) in [6, 6.07) is 13.2. The second kappa shape index (κ2) is 5.81. The number of hydrogen-bond acceptors (Lipinski definition) is 3. The molecule has 0 saturated carbocycles. The van der Waals surface area contributed by atoms with Crippen molar-refractivity contribution >= 4 is 22.5 Å². The van der Waals surface area contributed by atoms with Crippen molar-refractivity contribution in [2.75, 3.05) is 12.4 Å². The number of hydrogen-bond donors (Lipinski definition) is 1. The van der Waals surface area contributed by atoms with Gasteiger partial charge in [-0.05, 0) is 42.5 Å². The van der Waals surface area contributed by atoms with Gasteiger partial charge in [0.15, 0.2) is 11.6 Å². The molecular weight excluding hydrogens is 283 g/mol. The average molecular weight is 296 g/mol. The van der Waals surface area contributed by atoms with Crippen LogP contribution in [0.4, 0.5) is 10.1 Å². The third-order valence-corrected chi connectivity index (χ3v) is 3.31. The van der Waals surface area contributed by atoms with Crippen molar-refractivity contribution in [3.8, 4) is 5.75 Å². The lowest BCUT2D eigenvalue weighted by molar-refractivity contribution is 0.102. The van der Waals surface area contributed by atoms with E-state index < -0.39 is 11.7 Å². The van der Waals surface area contributed by atoms with Gasteiger partial charge in [0.2, 0.25) is 0 Å². The molecule has 1 amide bonds. The van der Waals surface area contributed by atoms with E-state index in [0.29, 0.717) is 5.69 Å². The zero-order valence-corrected chi connectivity index (χ0v) is 11.8. The van der Waals surface area contributed by atoms with E-state index >= 15 is 0 Å². The Kier molecular flexibility index (Phi) is 3.70. The van der Waals surface area contributed by atoms with Gasteiger partial charge in [0.1, 0.15) is 0 Å². The summed E-state index contributed by atoms with van der Waals surface area (Å²) in [7, 11) is 1.38. The van der Waals surface area contributed by atoms with Gasteiger partial charge in [-0.3, -0.25) is 9.78 Å². The van der Waals surface area contributed by atoms with E-state index in [2.05, 4.69) is 10.3 Å². The molecule has 0 aliphatic carbocycles. The van der Waals surface area contributed by atoms with Crippen LogP contribution in [-0.2, 0) is 0 Å². The molecule has 3 rings (SSSR count). The Balaban J connectivity index is 1.92. The van der Waals surface area contributed by atoms with Crippen LogP contribution in [-0.4, -0.2) is 18.0 Å². The van der Waals surface area contributed by atoms with Gasteiger partial charge in [-0.15, -0.1) is 0 Å². The molecule has 0 aliphatic rings. The summed E-state index contributed by atoms with van der Waals surface area (Å²) in [5.74, 6) is -0.862. The van der Waals surface area contributed by atoms with Crippen LogP contribution >= 0.6 is 0 Å². The summed E-state index contributed by atoms with van der Waals surface area (Å²) >= 11 is 0. The van der Waals surface area contributed by atoms with Crippen LogP contribution in [0.3, 0.4) is 0 Å². The molecule has 0 radical (unpaired) electrons. The summed E-state index contributed by atoms with van der Waals surface area (Å²) in [5.41, 5.74) is 1.63. The predicted octanol–water partition coefficient (Wildman–Crippen LogP) is 3.63. The Hall–Kier alpha value is -2.95. The number of fused-ring (bicyclic) bond motifs is 1. The van der Waals surface area contributed by atoms with Crippen LogP contribution in [0, 0.1) is 5.82 Å². The van der Waals surface area contributed by atoms with E-state index in [1.54, 1.807) is 24.4 Å². The highest BCUT2D eigenvalue weighted by molar-refractivity contribution is 6.08. The molecule has 0 unspecified atom stereocenters. The van der Waals surface area contributed by atoms with Gasteiger partial charge in [-0.2, -0.15) is 0 Å². The lowest BCUT2D eigenvalue weighted by Crippen LogP contribution is -2.12. The van der Waals surface area contributed by atoms with Gasteiger partial charge >= 0.3 is 0 Å². The molecule has 0 spiro atoms. The third-order valence-electron chi connectivity index (χ3n) is 3.31. The highest BCUT2D eigenvalue weighted by atomic mass is 19.1. The molecule has 0 bridgehead atoms. The lowest BCUT2D eigenvalue weighted by atomic mass is 10.1. The van der Waals surface area contributed by atoms with E-state index in [9.17, 15) is 9.18 Å². The Morgan fingerprint density at radius 3 is 2.82 bits per heavy atom.